The number of aromatic nitrogens is 1. The maximum Gasteiger partial charge on any atom is 0.246 e. The first kappa shape index (κ1) is 16.7. The molecule has 126 valence electrons. The Morgan fingerprint density at radius 3 is 3.04 bits per heavy atom. The van der Waals surface area contributed by atoms with Crippen molar-refractivity contribution < 1.29 is 4.79 Å². The average molecular weight is 323 g/mol. The number of carbonyl (C=O) groups is 1. The standard InChI is InChI=1S/C20H25N3O/c1-3-19(24)23(18-11-7-13-22(4-2)15-18)14-17-9-5-8-16-10-6-12-21-20(16)17/h3,5-6,8-10,12,18H,1,4,7,11,13-15H2,2H3. The molecule has 0 spiro atoms. The number of hydrogen-bond donors (Lipinski definition) is 0. The lowest BCUT2D eigenvalue weighted by atomic mass is 10.0. The molecule has 4 heteroatoms. The first-order valence-electron chi connectivity index (χ1n) is 8.71. The fraction of sp³-hybridized carbons (Fsp3) is 0.400. The van der Waals surface area contributed by atoms with Crippen LogP contribution in [0, 0.1) is 0 Å². The molecule has 1 unspecified atom stereocenters. The lowest BCUT2D eigenvalue weighted by Gasteiger charge is -2.38. The van der Waals surface area contributed by atoms with E-state index >= 15 is 0 Å². The number of benzene rings is 1. The van der Waals surface area contributed by atoms with Crippen molar-refractivity contribution in [3.05, 3.63) is 54.7 Å². The molecule has 1 aromatic carbocycles. The predicted octanol–water partition coefficient (Wildman–Crippen LogP) is 3.23. The number of para-hydroxylation sites is 1. The molecule has 24 heavy (non-hydrogen) atoms. The highest BCUT2D eigenvalue weighted by Gasteiger charge is 2.27. The molecule has 1 aliphatic rings. The van der Waals surface area contributed by atoms with Gasteiger partial charge in [-0.3, -0.25) is 9.78 Å². The van der Waals surface area contributed by atoms with Gasteiger partial charge in [0, 0.05) is 30.7 Å². The van der Waals surface area contributed by atoms with Gasteiger partial charge in [-0.15, -0.1) is 0 Å². The second kappa shape index (κ2) is 7.58. The third-order valence-electron chi connectivity index (χ3n) is 4.88. The molecule has 2 aromatic rings. The lowest BCUT2D eigenvalue weighted by molar-refractivity contribution is -0.130. The van der Waals surface area contributed by atoms with Gasteiger partial charge in [0.2, 0.25) is 5.91 Å². The van der Waals surface area contributed by atoms with E-state index in [0.717, 1.165) is 48.9 Å². The Balaban J connectivity index is 1.89. The quantitative estimate of drug-likeness (QED) is 0.793. The first-order chi connectivity index (χ1) is 11.7. The van der Waals surface area contributed by atoms with E-state index in [4.69, 9.17) is 0 Å². The summed E-state index contributed by atoms with van der Waals surface area (Å²) in [6, 6.07) is 10.4. The normalized spacial score (nSPS) is 18.5. The van der Waals surface area contributed by atoms with Crippen molar-refractivity contribution >= 4 is 16.8 Å². The number of nitrogens with zero attached hydrogens (tertiary/aromatic N) is 3. The summed E-state index contributed by atoms with van der Waals surface area (Å²) in [5.41, 5.74) is 2.07. The van der Waals surface area contributed by atoms with Crippen LogP contribution in [0.3, 0.4) is 0 Å². The van der Waals surface area contributed by atoms with E-state index in [1.807, 2.05) is 23.2 Å². The number of likely N-dealkylation sites (tertiary alicyclic amines) is 1. The first-order valence-corrected chi connectivity index (χ1v) is 8.71. The molecule has 1 aliphatic heterocycles. The van der Waals surface area contributed by atoms with Crippen molar-refractivity contribution in [2.24, 2.45) is 0 Å². The largest absolute Gasteiger partial charge is 0.330 e. The summed E-state index contributed by atoms with van der Waals surface area (Å²) in [6.45, 7) is 9.55. The zero-order chi connectivity index (χ0) is 16.9. The monoisotopic (exact) mass is 323 g/mol. The van der Waals surface area contributed by atoms with E-state index in [9.17, 15) is 4.79 Å². The van der Waals surface area contributed by atoms with Gasteiger partial charge < -0.3 is 9.80 Å². The molecule has 4 nitrogen and oxygen atoms in total. The topological polar surface area (TPSA) is 36.4 Å². The highest BCUT2D eigenvalue weighted by atomic mass is 16.2. The van der Waals surface area contributed by atoms with E-state index in [0.29, 0.717) is 6.54 Å². The fourth-order valence-corrected chi connectivity index (χ4v) is 3.56. The van der Waals surface area contributed by atoms with Crippen LogP contribution in [0.2, 0.25) is 0 Å². The molecule has 2 heterocycles. The Morgan fingerprint density at radius 2 is 2.25 bits per heavy atom. The molecule has 0 aliphatic carbocycles. The smallest absolute Gasteiger partial charge is 0.246 e. The lowest BCUT2D eigenvalue weighted by Crippen LogP contribution is -2.49. The van der Waals surface area contributed by atoms with E-state index in [1.54, 1.807) is 0 Å². The van der Waals surface area contributed by atoms with Crippen LogP contribution in [0.5, 0.6) is 0 Å². The number of fused-ring (bicyclic) bond motifs is 1. The number of likely N-dealkylation sites (N-methyl/N-ethyl adjacent to an activating group) is 1. The maximum atomic E-state index is 12.5. The minimum Gasteiger partial charge on any atom is -0.330 e. The molecule has 1 amide bonds. The summed E-state index contributed by atoms with van der Waals surface area (Å²) in [5.74, 6) is 0.00545. The molecule has 1 atom stereocenters. The third-order valence-corrected chi connectivity index (χ3v) is 4.88. The zero-order valence-corrected chi connectivity index (χ0v) is 14.3. The molecule has 0 bridgehead atoms. The van der Waals surface area contributed by atoms with Crippen LogP contribution < -0.4 is 0 Å². The van der Waals surface area contributed by atoms with Gasteiger partial charge >= 0.3 is 0 Å². The van der Waals surface area contributed by atoms with Gasteiger partial charge in [-0.05, 0) is 43.6 Å². The SMILES string of the molecule is C=CC(=O)N(Cc1cccc2cccnc12)C1CCCN(CC)C1. The Hall–Kier alpha value is -2.20. The molecule has 1 saturated heterocycles. The molecule has 1 fully saturated rings. The van der Waals surface area contributed by atoms with E-state index in [2.05, 4.69) is 41.6 Å². The van der Waals surface area contributed by atoms with Gasteiger partial charge in [-0.2, -0.15) is 0 Å². The van der Waals surface area contributed by atoms with E-state index in [-0.39, 0.29) is 11.9 Å². The summed E-state index contributed by atoms with van der Waals surface area (Å²) in [4.78, 5) is 21.4. The Labute approximate surface area is 143 Å². The molecular formula is C20H25N3O. The predicted molar refractivity (Wildman–Crippen MR) is 97.6 cm³/mol. The van der Waals surface area contributed by atoms with Crippen molar-refractivity contribution in [3.8, 4) is 0 Å². The highest BCUT2D eigenvalue weighted by molar-refractivity contribution is 5.88. The second-order valence-electron chi connectivity index (χ2n) is 6.35. The average Bonchev–Trinajstić information content (AvgIpc) is 2.65. The number of amides is 1. The van der Waals surface area contributed by atoms with Crippen molar-refractivity contribution in [2.45, 2.75) is 32.4 Å². The summed E-state index contributed by atoms with van der Waals surface area (Å²) in [7, 11) is 0. The maximum absolute atomic E-state index is 12.5. The van der Waals surface area contributed by atoms with Crippen molar-refractivity contribution in [3.63, 3.8) is 0 Å². The third kappa shape index (κ3) is 3.49. The van der Waals surface area contributed by atoms with Crippen LogP contribution in [0.1, 0.15) is 25.3 Å². The van der Waals surface area contributed by atoms with Crippen molar-refractivity contribution in [2.75, 3.05) is 19.6 Å². The molecule has 0 radical (unpaired) electrons. The Morgan fingerprint density at radius 1 is 1.42 bits per heavy atom. The van der Waals surface area contributed by atoms with Gasteiger partial charge in [0.1, 0.15) is 0 Å². The molecule has 3 rings (SSSR count). The van der Waals surface area contributed by atoms with Gasteiger partial charge in [0.05, 0.1) is 5.52 Å². The van der Waals surface area contributed by atoms with Crippen LogP contribution in [-0.4, -0.2) is 46.4 Å². The molecule has 0 N–H and O–H groups in total. The number of carbonyl (C=O) groups excluding carboxylic acids is 1. The summed E-state index contributed by atoms with van der Waals surface area (Å²) >= 11 is 0. The molecule has 1 aromatic heterocycles. The van der Waals surface area contributed by atoms with Crippen LogP contribution in [0.25, 0.3) is 10.9 Å². The van der Waals surface area contributed by atoms with E-state index < -0.39 is 0 Å². The number of piperidine rings is 1. The van der Waals surface area contributed by atoms with Crippen molar-refractivity contribution in [1.29, 1.82) is 0 Å². The summed E-state index contributed by atoms with van der Waals surface area (Å²) < 4.78 is 0. The Kier molecular flexibility index (Phi) is 5.26. The highest BCUT2D eigenvalue weighted by Crippen LogP contribution is 2.22. The fourth-order valence-electron chi connectivity index (χ4n) is 3.56. The minimum atomic E-state index is 0.00545. The van der Waals surface area contributed by atoms with Gasteiger partial charge in [0.25, 0.3) is 0 Å². The molecular weight excluding hydrogens is 298 g/mol. The van der Waals surface area contributed by atoms with Gasteiger partial charge in [0.15, 0.2) is 0 Å². The zero-order valence-electron chi connectivity index (χ0n) is 14.3. The molecule has 0 saturated carbocycles. The van der Waals surface area contributed by atoms with Gasteiger partial charge in [-0.1, -0.05) is 37.8 Å². The van der Waals surface area contributed by atoms with E-state index in [1.165, 1.54) is 6.08 Å². The minimum absolute atomic E-state index is 0.00545. The Bertz CT molecular complexity index is 722. The summed E-state index contributed by atoms with van der Waals surface area (Å²) in [5, 5.41) is 1.11. The second-order valence-corrected chi connectivity index (χ2v) is 6.35. The number of hydrogen-bond acceptors (Lipinski definition) is 3. The number of pyridine rings is 1. The van der Waals surface area contributed by atoms with Crippen LogP contribution in [0.4, 0.5) is 0 Å². The summed E-state index contributed by atoms with van der Waals surface area (Å²) in [6.07, 6.45) is 5.43. The van der Waals surface area contributed by atoms with Gasteiger partial charge in [-0.25, -0.2) is 0 Å². The van der Waals surface area contributed by atoms with Crippen LogP contribution in [-0.2, 0) is 11.3 Å². The van der Waals surface area contributed by atoms with Crippen LogP contribution in [0.15, 0.2) is 49.2 Å². The number of rotatable bonds is 5. The van der Waals surface area contributed by atoms with Crippen LogP contribution >= 0.6 is 0 Å². The van der Waals surface area contributed by atoms with Crippen molar-refractivity contribution in [1.82, 2.24) is 14.8 Å².